The lowest BCUT2D eigenvalue weighted by Gasteiger charge is -2.26. The highest BCUT2D eigenvalue weighted by atomic mass is 35.5. The van der Waals surface area contributed by atoms with E-state index >= 15 is 0 Å². The van der Waals surface area contributed by atoms with Crippen LogP contribution in [0.3, 0.4) is 0 Å². The monoisotopic (exact) mass is 373 g/mol. The van der Waals surface area contributed by atoms with Crippen LogP contribution in [0.2, 0.25) is 5.02 Å². The fourth-order valence-corrected chi connectivity index (χ4v) is 2.82. The van der Waals surface area contributed by atoms with Crippen LogP contribution >= 0.6 is 11.6 Å². The maximum atomic E-state index is 12.4. The van der Waals surface area contributed by atoms with Crippen molar-refractivity contribution in [1.82, 2.24) is 4.90 Å². The molecule has 2 aromatic carbocycles. The van der Waals surface area contributed by atoms with E-state index in [1.807, 2.05) is 0 Å². The average molecular weight is 374 g/mol. The molecule has 0 aliphatic carbocycles. The van der Waals surface area contributed by atoms with Gasteiger partial charge in [-0.3, -0.25) is 9.59 Å². The molecule has 2 aromatic rings. The minimum absolute atomic E-state index is 0.00134. The number of halogens is 1. The molecular weight excluding hydrogens is 354 g/mol. The van der Waals surface area contributed by atoms with E-state index in [1.165, 1.54) is 0 Å². The van der Waals surface area contributed by atoms with E-state index in [9.17, 15) is 9.59 Å². The molecule has 26 heavy (non-hydrogen) atoms. The molecule has 0 radical (unpaired) electrons. The van der Waals surface area contributed by atoms with Crippen molar-refractivity contribution < 1.29 is 14.3 Å². The van der Waals surface area contributed by atoms with E-state index in [4.69, 9.17) is 16.3 Å². The van der Waals surface area contributed by atoms with Gasteiger partial charge >= 0.3 is 0 Å². The van der Waals surface area contributed by atoms with Gasteiger partial charge in [-0.25, -0.2) is 0 Å². The highest BCUT2D eigenvalue weighted by Gasteiger charge is 2.18. The summed E-state index contributed by atoms with van der Waals surface area (Å²) in [4.78, 5) is 26.2. The average Bonchev–Trinajstić information content (AvgIpc) is 2.67. The number of carbonyl (C=O) groups is 2. The Labute approximate surface area is 157 Å². The van der Waals surface area contributed by atoms with E-state index < -0.39 is 0 Å². The summed E-state index contributed by atoms with van der Waals surface area (Å²) in [7, 11) is 0. The van der Waals surface area contributed by atoms with E-state index in [2.05, 4.69) is 10.6 Å². The summed E-state index contributed by atoms with van der Waals surface area (Å²) in [5.41, 5.74) is 2.04. The molecule has 0 atom stereocenters. The summed E-state index contributed by atoms with van der Waals surface area (Å²) >= 11 is 5.89. The molecule has 0 aromatic heterocycles. The minimum atomic E-state index is -0.180. The van der Waals surface area contributed by atoms with Crippen LogP contribution in [0.25, 0.3) is 0 Å². The second kappa shape index (κ2) is 8.69. The third-order valence-corrected chi connectivity index (χ3v) is 4.23. The molecule has 1 saturated heterocycles. The Morgan fingerprint density at radius 3 is 2.46 bits per heavy atom. The molecule has 1 fully saturated rings. The Hall–Kier alpha value is -2.57. The summed E-state index contributed by atoms with van der Waals surface area (Å²) in [5.74, 6) is -0.181. The van der Waals surface area contributed by atoms with Gasteiger partial charge in [-0.1, -0.05) is 17.7 Å². The number of hydrogen-bond acceptors (Lipinski definition) is 4. The molecule has 136 valence electrons. The van der Waals surface area contributed by atoms with Crippen molar-refractivity contribution >= 4 is 34.8 Å². The maximum absolute atomic E-state index is 12.4. The first-order valence-corrected chi connectivity index (χ1v) is 8.76. The van der Waals surface area contributed by atoms with Crippen LogP contribution in [0.4, 0.5) is 11.4 Å². The number of nitrogens with zero attached hydrogens (tertiary/aromatic N) is 1. The molecule has 2 N–H and O–H groups in total. The van der Waals surface area contributed by atoms with Crippen LogP contribution in [-0.4, -0.2) is 49.6 Å². The number of benzene rings is 2. The summed E-state index contributed by atoms with van der Waals surface area (Å²) < 4.78 is 5.26. The van der Waals surface area contributed by atoms with E-state index in [0.717, 1.165) is 5.69 Å². The van der Waals surface area contributed by atoms with Gasteiger partial charge in [-0.2, -0.15) is 0 Å². The zero-order valence-electron chi connectivity index (χ0n) is 14.2. The van der Waals surface area contributed by atoms with Gasteiger partial charge in [-0.05, 0) is 42.5 Å². The lowest BCUT2D eigenvalue weighted by atomic mass is 10.1. The highest BCUT2D eigenvalue weighted by Crippen LogP contribution is 2.15. The summed E-state index contributed by atoms with van der Waals surface area (Å²) in [6, 6.07) is 14.1. The van der Waals surface area contributed by atoms with Crippen molar-refractivity contribution in [2.45, 2.75) is 0 Å². The van der Waals surface area contributed by atoms with E-state index in [1.54, 1.807) is 53.4 Å². The molecule has 7 heteroatoms. The first-order chi connectivity index (χ1) is 12.6. The first-order valence-electron chi connectivity index (χ1n) is 8.38. The van der Waals surface area contributed by atoms with Gasteiger partial charge in [0, 0.05) is 35.1 Å². The van der Waals surface area contributed by atoms with Crippen molar-refractivity contribution in [1.29, 1.82) is 0 Å². The van der Waals surface area contributed by atoms with Crippen LogP contribution < -0.4 is 10.6 Å². The summed E-state index contributed by atoms with van der Waals surface area (Å²) in [5, 5.41) is 6.37. The quantitative estimate of drug-likeness (QED) is 0.845. The largest absolute Gasteiger partial charge is 0.378 e. The van der Waals surface area contributed by atoms with Gasteiger partial charge in [0.05, 0.1) is 19.8 Å². The number of anilines is 2. The standard InChI is InChI=1S/C19H20ClN3O3/c20-15-2-1-3-17(12-15)22-18(24)13-21-16-6-4-14(5-7-16)19(25)23-8-10-26-11-9-23/h1-7,12,21H,8-11,13H2,(H,22,24). The lowest BCUT2D eigenvalue weighted by Crippen LogP contribution is -2.40. The molecule has 6 nitrogen and oxygen atoms in total. The number of morpholine rings is 1. The van der Waals surface area contributed by atoms with E-state index in [0.29, 0.717) is 42.6 Å². The van der Waals surface area contributed by atoms with Crippen LogP contribution in [-0.2, 0) is 9.53 Å². The molecule has 0 saturated carbocycles. The Morgan fingerprint density at radius 1 is 1.04 bits per heavy atom. The molecule has 0 spiro atoms. The second-order valence-corrected chi connectivity index (χ2v) is 6.33. The molecule has 0 unspecified atom stereocenters. The fraction of sp³-hybridized carbons (Fsp3) is 0.263. The Kier molecular flexibility index (Phi) is 6.09. The lowest BCUT2D eigenvalue weighted by molar-refractivity contribution is -0.114. The molecule has 1 aliphatic rings. The summed E-state index contributed by atoms with van der Waals surface area (Å²) in [6.07, 6.45) is 0. The van der Waals surface area contributed by atoms with Gasteiger partial charge in [-0.15, -0.1) is 0 Å². The zero-order valence-corrected chi connectivity index (χ0v) is 15.0. The number of carbonyl (C=O) groups excluding carboxylic acids is 2. The van der Waals surface area contributed by atoms with Gasteiger partial charge in [0.2, 0.25) is 5.91 Å². The van der Waals surface area contributed by atoms with Crippen LogP contribution in [0, 0.1) is 0 Å². The number of rotatable bonds is 5. The Morgan fingerprint density at radius 2 is 1.77 bits per heavy atom. The second-order valence-electron chi connectivity index (χ2n) is 5.89. The van der Waals surface area contributed by atoms with Gasteiger partial charge in [0.25, 0.3) is 5.91 Å². The molecule has 3 rings (SSSR count). The third kappa shape index (κ3) is 4.97. The number of ether oxygens (including phenoxy) is 1. The Bertz CT molecular complexity index is 774. The number of hydrogen-bond donors (Lipinski definition) is 2. The van der Waals surface area contributed by atoms with Crippen molar-refractivity contribution in [3.05, 3.63) is 59.1 Å². The van der Waals surface area contributed by atoms with Crippen molar-refractivity contribution in [2.75, 3.05) is 43.5 Å². The van der Waals surface area contributed by atoms with Crippen LogP contribution in [0.15, 0.2) is 48.5 Å². The van der Waals surface area contributed by atoms with Crippen LogP contribution in [0.5, 0.6) is 0 Å². The SMILES string of the molecule is O=C(CNc1ccc(C(=O)N2CCOCC2)cc1)Nc1cccc(Cl)c1. The predicted octanol–water partition coefficient (Wildman–Crippen LogP) is 2.86. The first kappa shape index (κ1) is 18.2. The third-order valence-electron chi connectivity index (χ3n) is 3.99. The smallest absolute Gasteiger partial charge is 0.254 e. The summed E-state index contributed by atoms with van der Waals surface area (Å²) in [6.45, 7) is 2.49. The topological polar surface area (TPSA) is 70.7 Å². The predicted molar refractivity (Wildman–Crippen MR) is 102 cm³/mol. The highest BCUT2D eigenvalue weighted by molar-refractivity contribution is 6.30. The number of nitrogens with one attached hydrogen (secondary N) is 2. The maximum Gasteiger partial charge on any atom is 0.254 e. The van der Waals surface area contributed by atoms with Crippen molar-refractivity contribution in [3.8, 4) is 0 Å². The van der Waals surface area contributed by atoms with Gasteiger partial charge in [0.1, 0.15) is 0 Å². The molecule has 1 aliphatic heterocycles. The molecule has 0 bridgehead atoms. The van der Waals surface area contributed by atoms with E-state index in [-0.39, 0.29) is 18.4 Å². The molecule has 1 heterocycles. The van der Waals surface area contributed by atoms with Crippen molar-refractivity contribution in [2.24, 2.45) is 0 Å². The number of amides is 2. The zero-order chi connectivity index (χ0) is 18.4. The minimum Gasteiger partial charge on any atom is -0.378 e. The van der Waals surface area contributed by atoms with Crippen LogP contribution in [0.1, 0.15) is 10.4 Å². The van der Waals surface area contributed by atoms with Crippen molar-refractivity contribution in [3.63, 3.8) is 0 Å². The normalized spacial score (nSPS) is 14.0. The molecular formula is C19H20ClN3O3. The molecule has 2 amide bonds. The fourth-order valence-electron chi connectivity index (χ4n) is 2.63. The Balaban J connectivity index is 1.51. The van der Waals surface area contributed by atoms with Gasteiger partial charge in [0.15, 0.2) is 0 Å². The van der Waals surface area contributed by atoms with Gasteiger partial charge < -0.3 is 20.3 Å².